The number of rotatable bonds is 5. The van der Waals surface area contributed by atoms with Crippen molar-refractivity contribution in [2.45, 2.75) is 81.6 Å². The lowest BCUT2D eigenvalue weighted by atomic mass is 9.75. The minimum Gasteiger partial charge on any atom is -0.0625 e. The Morgan fingerprint density at radius 1 is 0.647 bits per heavy atom. The zero-order valence-electron chi connectivity index (χ0n) is 13.9. The molecule has 0 heteroatoms. The molecule has 0 aliphatic heterocycles. The summed E-state index contributed by atoms with van der Waals surface area (Å²) in [5.41, 5.74) is 0.952. The first-order valence-corrected chi connectivity index (χ1v) is 7.41. The zero-order chi connectivity index (χ0) is 13.9. The lowest BCUT2D eigenvalue weighted by molar-refractivity contribution is 0.202. The Balaban J connectivity index is 4.12. The molecule has 0 bridgehead atoms. The second kappa shape index (κ2) is 6.25. The van der Waals surface area contributed by atoms with Crippen LogP contribution in [0.2, 0.25) is 0 Å². The Kier molecular flexibility index (Phi) is 6.25. The first-order chi connectivity index (χ1) is 7.41. The third kappa shape index (κ3) is 9.68. The smallest absolute Gasteiger partial charge is 0.0380 e. The Hall–Kier alpha value is 0. The van der Waals surface area contributed by atoms with Gasteiger partial charge in [-0.25, -0.2) is 0 Å². The summed E-state index contributed by atoms with van der Waals surface area (Å²) in [6, 6.07) is 0. The van der Waals surface area contributed by atoms with E-state index in [1.54, 1.807) is 0 Å². The van der Waals surface area contributed by atoms with E-state index in [9.17, 15) is 0 Å². The van der Waals surface area contributed by atoms with Crippen molar-refractivity contribution in [1.82, 2.24) is 0 Å². The summed E-state index contributed by atoms with van der Waals surface area (Å²) in [6.45, 7) is 21.4. The lowest BCUT2D eigenvalue weighted by Gasteiger charge is -2.31. The predicted molar refractivity (Wildman–Crippen MR) is 80.3 cm³/mol. The van der Waals surface area contributed by atoms with Gasteiger partial charge in [0.05, 0.1) is 0 Å². The van der Waals surface area contributed by atoms with Crippen LogP contribution in [0, 0.1) is 28.6 Å². The van der Waals surface area contributed by atoms with Gasteiger partial charge in [-0.1, -0.05) is 62.3 Å². The highest BCUT2D eigenvalue weighted by Crippen LogP contribution is 2.34. The van der Waals surface area contributed by atoms with Gasteiger partial charge in [-0.05, 0) is 47.8 Å². The maximum absolute atomic E-state index is 2.44. The average Bonchev–Trinajstić information content (AvgIpc) is 1.95. The van der Waals surface area contributed by atoms with Crippen LogP contribution in [0.3, 0.4) is 0 Å². The van der Waals surface area contributed by atoms with Gasteiger partial charge in [-0.3, -0.25) is 0 Å². The van der Waals surface area contributed by atoms with Gasteiger partial charge < -0.3 is 0 Å². The standard InChI is InChI=1S/C17H36/c1-13(11-16(4,5)6)10-14(2)15(3)12-17(7,8)9/h13-15H,10-12H2,1-9H3. The van der Waals surface area contributed by atoms with Crippen molar-refractivity contribution in [3.05, 3.63) is 0 Å². The normalized spacial score (nSPS) is 18.9. The average molecular weight is 240 g/mol. The molecule has 3 unspecified atom stereocenters. The summed E-state index contributed by atoms with van der Waals surface area (Å²) in [7, 11) is 0. The summed E-state index contributed by atoms with van der Waals surface area (Å²) in [4.78, 5) is 0. The molecule has 0 aromatic carbocycles. The van der Waals surface area contributed by atoms with Crippen molar-refractivity contribution < 1.29 is 0 Å². The van der Waals surface area contributed by atoms with E-state index >= 15 is 0 Å². The number of hydrogen-bond acceptors (Lipinski definition) is 0. The van der Waals surface area contributed by atoms with E-state index in [1.807, 2.05) is 0 Å². The molecule has 0 saturated heterocycles. The minimum atomic E-state index is 0.473. The fourth-order valence-corrected chi connectivity index (χ4v) is 3.16. The molecule has 0 radical (unpaired) electrons. The Bertz CT molecular complexity index is 201. The van der Waals surface area contributed by atoms with Crippen LogP contribution in [0.4, 0.5) is 0 Å². The van der Waals surface area contributed by atoms with Gasteiger partial charge in [0.2, 0.25) is 0 Å². The third-order valence-electron chi connectivity index (χ3n) is 3.64. The molecule has 0 aliphatic carbocycles. The molecule has 0 amide bonds. The largest absolute Gasteiger partial charge is 0.0625 e. The molecule has 3 atom stereocenters. The van der Waals surface area contributed by atoms with Crippen molar-refractivity contribution in [2.24, 2.45) is 28.6 Å². The molecule has 0 aliphatic rings. The molecule has 0 heterocycles. The van der Waals surface area contributed by atoms with E-state index in [-0.39, 0.29) is 0 Å². The van der Waals surface area contributed by atoms with Gasteiger partial charge in [0.15, 0.2) is 0 Å². The second-order valence-corrected chi connectivity index (χ2v) is 8.83. The van der Waals surface area contributed by atoms with Gasteiger partial charge in [0, 0.05) is 0 Å². The summed E-state index contributed by atoms with van der Waals surface area (Å²) >= 11 is 0. The van der Waals surface area contributed by atoms with Gasteiger partial charge in [0.25, 0.3) is 0 Å². The van der Waals surface area contributed by atoms with Crippen molar-refractivity contribution in [3.63, 3.8) is 0 Å². The van der Waals surface area contributed by atoms with Crippen LogP contribution in [0.25, 0.3) is 0 Å². The molecular formula is C17H36. The van der Waals surface area contributed by atoms with Crippen molar-refractivity contribution >= 4 is 0 Å². The topological polar surface area (TPSA) is 0 Å². The van der Waals surface area contributed by atoms with E-state index in [0.717, 1.165) is 17.8 Å². The quantitative estimate of drug-likeness (QED) is 0.540. The molecule has 0 aromatic rings. The van der Waals surface area contributed by atoms with E-state index in [0.29, 0.717) is 10.8 Å². The van der Waals surface area contributed by atoms with Gasteiger partial charge in [-0.15, -0.1) is 0 Å². The molecule has 0 nitrogen and oxygen atoms in total. The summed E-state index contributed by atoms with van der Waals surface area (Å²) in [5.74, 6) is 2.55. The SMILES string of the molecule is CC(CC(C)C(C)CC(C)(C)C)CC(C)(C)C. The third-order valence-corrected chi connectivity index (χ3v) is 3.64. The molecule has 0 aromatic heterocycles. The first-order valence-electron chi connectivity index (χ1n) is 7.41. The number of hydrogen-bond donors (Lipinski definition) is 0. The fraction of sp³-hybridized carbons (Fsp3) is 1.00. The molecule has 0 N–H and O–H groups in total. The maximum Gasteiger partial charge on any atom is -0.0380 e. The van der Waals surface area contributed by atoms with Crippen LogP contribution < -0.4 is 0 Å². The van der Waals surface area contributed by atoms with Gasteiger partial charge in [-0.2, -0.15) is 0 Å². The fourth-order valence-electron chi connectivity index (χ4n) is 3.16. The highest BCUT2D eigenvalue weighted by Gasteiger charge is 2.23. The molecule has 0 fully saturated rings. The van der Waals surface area contributed by atoms with Crippen LogP contribution >= 0.6 is 0 Å². The predicted octanol–water partition coefficient (Wildman–Crippen LogP) is 6.16. The zero-order valence-corrected chi connectivity index (χ0v) is 13.9. The summed E-state index contributed by atoms with van der Waals surface area (Å²) < 4.78 is 0. The van der Waals surface area contributed by atoms with E-state index in [4.69, 9.17) is 0 Å². The van der Waals surface area contributed by atoms with Crippen LogP contribution in [0.1, 0.15) is 81.6 Å². The highest BCUT2D eigenvalue weighted by molar-refractivity contribution is 4.74. The molecular weight excluding hydrogens is 204 g/mol. The van der Waals surface area contributed by atoms with Crippen LogP contribution in [-0.2, 0) is 0 Å². The van der Waals surface area contributed by atoms with Crippen LogP contribution in [-0.4, -0.2) is 0 Å². The lowest BCUT2D eigenvalue weighted by Crippen LogP contribution is -2.20. The van der Waals surface area contributed by atoms with E-state index in [1.165, 1.54) is 19.3 Å². The van der Waals surface area contributed by atoms with Gasteiger partial charge >= 0.3 is 0 Å². The first kappa shape index (κ1) is 17.0. The molecule has 0 saturated carbocycles. The Morgan fingerprint density at radius 3 is 1.41 bits per heavy atom. The molecule has 0 spiro atoms. The van der Waals surface area contributed by atoms with Crippen molar-refractivity contribution in [1.29, 1.82) is 0 Å². The van der Waals surface area contributed by atoms with Crippen LogP contribution in [0.5, 0.6) is 0 Å². The highest BCUT2D eigenvalue weighted by atomic mass is 14.3. The van der Waals surface area contributed by atoms with Crippen molar-refractivity contribution in [2.75, 3.05) is 0 Å². The second-order valence-electron chi connectivity index (χ2n) is 8.83. The van der Waals surface area contributed by atoms with E-state index < -0.39 is 0 Å². The minimum absolute atomic E-state index is 0.473. The molecule has 0 rings (SSSR count). The van der Waals surface area contributed by atoms with Gasteiger partial charge in [0.1, 0.15) is 0 Å². The Labute approximate surface area is 111 Å². The monoisotopic (exact) mass is 240 g/mol. The van der Waals surface area contributed by atoms with Crippen molar-refractivity contribution in [3.8, 4) is 0 Å². The molecule has 104 valence electrons. The maximum atomic E-state index is 2.44. The summed E-state index contributed by atoms with van der Waals surface area (Å²) in [6.07, 6.45) is 4.07. The van der Waals surface area contributed by atoms with E-state index in [2.05, 4.69) is 62.3 Å². The molecule has 17 heavy (non-hydrogen) atoms. The summed E-state index contributed by atoms with van der Waals surface area (Å²) in [5, 5.41) is 0. The van der Waals surface area contributed by atoms with Crippen LogP contribution in [0.15, 0.2) is 0 Å². The Morgan fingerprint density at radius 2 is 1.06 bits per heavy atom.